The summed E-state index contributed by atoms with van der Waals surface area (Å²) < 4.78 is 14.6. The number of carbonyl (C=O) groups excluding carboxylic acids is 4. The summed E-state index contributed by atoms with van der Waals surface area (Å²) >= 11 is 7.45. The molecule has 0 radical (unpaired) electrons. The zero-order valence-corrected chi connectivity index (χ0v) is 25.0. The van der Waals surface area contributed by atoms with Crippen LogP contribution in [0.3, 0.4) is 0 Å². The molecule has 0 aliphatic rings. The second-order valence-electron chi connectivity index (χ2n) is 9.41. The van der Waals surface area contributed by atoms with Crippen LogP contribution in [0.25, 0.3) is 6.08 Å². The lowest BCUT2D eigenvalue weighted by atomic mass is 10.1. The Morgan fingerprint density at radius 1 is 0.909 bits per heavy atom. The zero-order chi connectivity index (χ0) is 31.6. The van der Waals surface area contributed by atoms with Crippen molar-refractivity contribution in [3.05, 3.63) is 130 Å². The fraction of sp³-hybridized carbons (Fsp3) is 0.0909. The van der Waals surface area contributed by atoms with Crippen molar-refractivity contribution in [3.8, 4) is 0 Å². The first-order valence-electron chi connectivity index (χ1n) is 13.5. The Labute approximate surface area is 262 Å². The summed E-state index contributed by atoms with van der Waals surface area (Å²) in [5.74, 6) is -2.94. The van der Waals surface area contributed by atoms with E-state index in [0.717, 1.165) is 0 Å². The summed E-state index contributed by atoms with van der Waals surface area (Å²) in [7, 11) is 0. The predicted molar refractivity (Wildman–Crippen MR) is 172 cm³/mol. The monoisotopic (exact) mass is 630 g/mol. The van der Waals surface area contributed by atoms with Crippen LogP contribution in [0.5, 0.6) is 0 Å². The number of anilines is 2. The van der Waals surface area contributed by atoms with Gasteiger partial charge in [0.15, 0.2) is 0 Å². The Balaban J connectivity index is 1.54. The SMILES string of the molecule is CCC(Sc1cccc(NC(=O)/C(=C\c2c(F)cccc2Cl)NC(=O)c2ccccc2)c1)C(=O)Nc1ccccc1C(N)=O. The van der Waals surface area contributed by atoms with E-state index < -0.39 is 28.8 Å². The summed E-state index contributed by atoms with van der Waals surface area (Å²) in [5, 5.41) is 7.58. The zero-order valence-electron chi connectivity index (χ0n) is 23.5. The van der Waals surface area contributed by atoms with Gasteiger partial charge in [0, 0.05) is 21.7 Å². The molecule has 0 aromatic heterocycles. The highest BCUT2D eigenvalue weighted by atomic mass is 35.5. The molecule has 0 saturated carbocycles. The second-order valence-corrected chi connectivity index (χ2v) is 11.1. The van der Waals surface area contributed by atoms with Crippen molar-refractivity contribution in [3.63, 3.8) is 0 Å². The fourth-order valence-corrected chi connectivity index (χ4v) is 5.32. The molecule has 0 aliphatic heterocycles. The van der Waals surface area contributed by atoms with Crippen LogP contribution in [-0.4, -0.2) is 28.9 Å². The number of hydrogen-bond donors (Lipinski definition) is 4. The molecule has 4 rings (SSSR count). The number of hydrogen-bond acceptors (Lipinski definition) is 5. The predicted octanol–water partition coefficient (Wildman–Crippen LogP) is 6.50. The molecule has 0 spiro atoms. The van der Waals surface area contributed by atoms with Crippen molar-refractivity contribution >= 4 is 64.4 Å². The average Bonchev–Trinajstić information content (AvgIpc) is 3.01. The quantitative estimate of drug-likeness (QED) is 0.111. The van der Waals surface area contributed by atoms with Gasteiger partial charge in [-0.2, -0.15) is 0 Å². The Kier molecular flexibility index (Phi) is 10.9. The molecule has 4 aromatic rings. The van der Waals surface area contributed by atoms with Crippen LogP contribution in [0.2, 0.25) is 5.02 Å². The van der Waals surface area contributed by atoms with Gasteiger partial charge in [0.1, 0.15) is 11.5 Å². The van der Waals surface area contributed by atoms with E-state index in [4.69, 9.17) is 17.3 Å². The van der Waals surface area contributed by atoms with E-state index in [2.05, 4.69) is 16.0 Å². The van der Waals surface area contributed by atoms with Gasteiger partial charge in [-0.05, 0) is 67.1 Å². The highest BCUT2D eigenvalue weighted by Gasteiger charge is 2.21. The first-order valence-corrected chi connectivity index (χ1v) is 14.7. The molecule has 0 heterocycles. The number of rotatable bonds is 11. The minimum Gasteiger partial charge on any atom is -0.366 e. The molecule has 8 nitrogen and oxygen atoms in total. The molecule has 4 amide bonds. The molecule has 4 aromatic carbocycles. The summed E-state index contributed by atoms with van der Waals surface area (Å²) in [6, 6.07) is 25.6. The Morgan fingerprint density at radius 2 is 1.61 bits per heavy atom. The molecule has 0 fully saturated rings. The van der Waals surface area contributed by atoms with Gasteiger partial charge in [-0.1, -0.05) is 61.0 Å². The number of nitrogens with one attached hydrogen (secondary N) is 3. The summed E-state index contributed by atoms with van der Waals surface area (Å²) in [4.78, 5) is 51.8. The van der Waals surface area contributed by atoms with Gasteiger partial charge in [-0.3, -0.25) is 19.2 Å². The molecule has 0 aliphatic carbocycles. The molecule has 1 atom stereocenters. The van der Waals surface area contributed by atoms with Crippen LogP contribution in [0.1, 0.15) is 39.6 Å². The molecular formula is C33H28ClFN4O4S. The summed E-state index contributed by atoms with van der Waals surface area (Å²) in [6.45, 7) is 1.85. The van der Waals surface area contributed by atoms with E-state index in [-0.39, 0.29) is 27.8 Å². The normalized spacial score (nSPS) is 11.8. The van der Waals surface area contributed by atoms with Crippen molar-refractivity contribution in [2.45, 2.75) is 23.5 Å². The number of thioether (sulfide) groups is 1. The minimum absolute atomic E-state index is 0.0602. The lowest BCUT2D eigenvalue weighted by Gasteiger charge is -2.17. The van der Waals surface area contributed by atoms with Gasteiger partial charge in [0.25, 0.3) is 17.7 Å². The second kappa shape index (κ2) is 15.0. The van der Waals surface area contributed by atoms with Crippen LogP contribution in [0, 0.1) is 5.82 Å². The number of amides is 4. The maximum absolute atomic E-state index is 14.6. The van der Waals surface area contributed by atoms with Gasteiger partial charge in [0.05, 0.1) is 21.5 Å². The van der Waals surface area contributed by atoms with Gasteiger partial charge in [0.2, 0.25) is 5.91 Å². The van der Waals surface area contributed by atoms with E-state index in [1.54, 1.807) is 72.8 Å². The van der Waals surface area contributed by atoms with Crippen LogP contribution >= 0.6 is 23.4 Å². The van der Waals surface area contributed by atoms with Crippen molar-refractivity contribution in [1.82, 2.24) is 5.32 Å². The average molecular weight is 631 g/mol. The number of benzene rings is 4. The van der Waals surface area contributed by atoms with E-state index in [9.17, 15) is 23.6 Å². The topological polar surface area (TPSA) is 130 Å². The smallest absolute Gasteiger partial charge is 0.272 e. The maximum Gasteiger partial charge on any atom is 0.272 e. The number of carbonyl (C=O) groups is 4. The third-order valence-corrected chi connectivity index (χ3v) is 7.99. The maximum atomic E-state index is 14.6. The first kappa shape index (κ1) is 32.0. The Hall–Kier alpha value is -4.93. The molecule has 224 valence electrons. The van der Waals surface area contributed by atoms with Crippen molar-refractivity contribution in [2.24, 2.45) is 5.73 Å². The Morgan fingerprint density at radius 3 is 2.32 bits per heavy atom. The van der Waals surface area contributed by atoms with Crippen LogP contribution in [0.15, 0.2) is 108 Å². The standard InChI is InChI=1S/C33H28ClFN4O4S/c1-2-29(33(43)38-27-17-7-6-14-23(27)30(36)40)44-22-13-8-12-21(18-22)37-32(42)28(19-24-25(34)15-9-16-26(24)35)39-31(41)20-10-4-3-5-11-20/h3-19,29H,2H2,1H3,(H2,36,40)(H,37,42)(H,38,43)(H,39,41)/b28-19+. The third-order valence-electron chi connectivity index (χ3n) is 6.30. The van der Waals surface area contributed by atoms with Crippen LogP contribution in [0.4, 0.5) is 15.8 Å². The van der Waals surface area contributed by atoms with Crippen molar-refractivity contribution in [2.75, 3.05) is 10.6 Å². The van der Waals surface area contributed by atoms with E-state index in [1.807, 2.05) is 6.92 Å². The highest BCUT2D eigenvalue weighted by molar-refractivity contribution is 8.00. The van der Waals surface area contributed by atoms with Gasteiger partial charge < -0.3 is 21.7 Å². The van der Waals surface area contributed by atoms with E-state index in [1.165, 1.54) is 42.1 Å². The number of nitrogens with two attached hydrogens (primary N) is 1. The first-order chi connectivity index (χ1) is 21.2. The number of halogens is 2. The van der Waals surface area contributed by atoms with Gasteiger partial charge in [-0.15, -0.1) is 11.8 Å². The van der Waals surface area contributed by atoms with E-state index in [0.29, 0.717) is 28.3 Å². The minimum atomic E-state index is -0.719. The fourth-order valence-electron chi connectivity index (χ4n) is 4.09. The third kappa shape index (κ3) is 8.33. The molecule has 0 saturated heterocycles. The van der Waals surface area contributed by atoms with Crippen molar-refractivity contribution < 1.29 is 23.6 Å². The number of para-hydroxylation sites is 1. The molecule has 0 bridgehead atoms. The van der Waals surface area contributed by atoms with Gasteiger partial charge >= 0.3 is 0 Å². The van der Waals surface area contributed by atoms with Crippen molar-refractivity contribution in [1.29, 1.82) is 0 Å². The Bertz CT molecular complexity index is 1710. The van der Waals surface area contributed by atoms with Crippen LogP contribution < -0.4 is 21.7 Å². The molecule has 5 N–H and O–H groups in total. The summed E-state index contributed by atoms with van der Waals surface area (Å²) in [6.07, 6.45) is 1.64. The largest absolute Gasteiger partial charge is 0.366 e. The molecule has 1 unspecified atom stereocenters. The molecule has 44 heavy (non-hydrogen) atoms. The van der Waals surface area contributed by atoms with Crippen LogP contribution in [-0.2, 0) is 9.59 Å². The highest BCUT2D eigenvalue weighted by Crippen LogP contribution is 2.29. The lowest BCUT2D eigenvalue weighted by molar-refractivity contribution is -0.116. The molecule has 11 heteroatoms. The lowest BCUT2D eigenvalue weighted by Crippen LogP contribution is -2.30. The van der Waals surface area contributed by atoms with Gasteiger partial charge in [-0.25, -0.2) is 4.39 Å². The van der Waals surface area contributed by atoms with E-state index >= 15 is 0 Å². The number of primary amides is 1. The summed E-state index contributed by atoms with van der Waals surface area (Å²) in [5.41, 5.74) is 6.32. The molecular weight excluding hydrogens is 603 g/mol.